The molecule has 1 saturated carbocycles. The molecule has 2 amide bonds. The Morgan fingerprint density at radius 3 is 2.62 bits per heavy atom. The highest BCUT2D eigenvalue weighted by Crippen LogP contribution is 2.38. The van der Waals surface area contributed by atoms with Crippen LogP contribution in [0, 0.1) is 17.7 Å². The van der Waals surface area contributed by atoms with Gasteiger partial charge in [-0.2, -0.15) is 0 Å². The smallest absolute Gasteiger partial charge is 0.226 e. The molecule has 2 aliphatic rings. The molecule has 0 spiro atoms. The Bertz CT molecular complexity index is 615. The van der Waals surface area contributed by atoms with Crippen LogP contribution in [0.1, 0.15) is 37.3 Å². The van der Waals surface area contributed by atoms with Gasteiger partial charge in [0.05, 0.1) is 12.0 Å². The van der Waals surface area contributed by atoms with E-state index in [4.69, 9.17) is 0 Å². The number of rotatable bonds is 6. The van der Waals surface area contributed by atoms with Gasteiger partial charge in [0.25, 0.3) is 0 Å². The van der Waals surface area contributed by atoms with Gasteiger partial charge < -0.3 is 15.3 Å². The van der Waals surface area contributed by atoms with E-state index in [1.165, 1.54) is 12.1 Å². The molecule has 0 aromatic heterocycles. The zero-order valence-electron chi connectivity index (χ0n) is 13.7. The van der Waals surface area contributed by atoms with Gasteiger partial charge in [0.15, 0.2) is 0 Å². The van der Waals surface area contributed by atoms with Gasteiger partial charge in [-0.15, -0.1) is 0 Å². The molecule has 5 nitrogen and oxygen atoms in total. The molecule has 130 valence electrons. The summed E-state index contributed by atoms with van der Waals surface area (Å²) in [7, 11) is 1.68. The van der Waals surface area contributed by atoms with Crippen LogP contribution >= 0.6 is 0 Å². The second kappa shape index (κ2) is 6.89. The van der Waals surface area contributed by atoms with Crippen molar-refractivity contribution in [2.24, 2.45) is 11.8 Å². The van der Waals surface area contributed by atoms with Gasteiger partial charge in [-0.1, -0.05) is 12.1 Å². The van der Waals surface area contributed by atoms with E-state index in [0.717, 1.165) is 18.4 Å². The number of aliphatic hydroxyl groups is 1. The lowest BCUT2D eigenvalue weighted by Crippen LogP contribution is -2.42. The molecule has 1 aliphatic carbocycles. The lowest BCUT2D eigenvalue weighted by atomic mass is 9.92. The van der Waals surface area contributed by atoms with Crippen LogP contribution in [0.5, 0.6) is 0 Å². The first kappa shape index (κ1) is 16.9. The average Bonchev–Trinajstić information content (AvgIpc) is 3.35. The molecule has 1 aliphatic heterocycles. The normalized spacial score (nSPS) is 25.0. The van der Waals surface area contributed by atoms with Crippen LogP contribution in [0.3, 0.4) is 0 Å². The standard InChI is InChI=1S/C18H23FN2O3/c1-21-16(23)10-14(17(21)12-4-6-13(19)7-5-12)18(24)20-15(8-9-22)11-2-3-11/h4-7,11,14-15,17,22H,2-3,8-10H2,1H3,(H,20,24). The fourth-order valence-corrected chi connectivity index (χ4v) is 3.57. The first-order valence-corrected chi connectivity index (χ1v) is 8.43. The van der Waals surface area contributed by atoms with E-state index < -0.39 is 5.92 Å². The van der Waals surface area contributed by atoms with Crippen molar-refractivity contribution in [3.63, 3.8) is 0 Å². The van der Waals surface area contributed by atoms with Gasteiger partial charge in [0.2, 0.25) is 11.8 Å². The predicted molar refractivity (Wildman–Crippen MR) is 86.4 cm³/mol. The highest BCUT2D eigenvalue weighted by atomic mass is 19.1. The van der Waals surface area contributed by atoms with E-state index in [0.29, 0.717) is 12.3 Å². The molecule has 0 bridgehead atoms. The number of carbonyl (C=O) groups is 2. The molecule has 3 rings (SSSR count). The van der Waals surface area contributed by atoms with Crippen molar-refractivity contribution in [3.8, 4) is 0 Å². The van der Waals surface area contributed by atoms with E-state index in [-0.39, 0.29) is 42.7 Å². The number of likely N-dealkylation sites (tertiary alicyclic amines) is 1. The summed E-state index contributed by atoms with van der Waals surface area (Å²) in [5, 5.41) is 12.2. The van der Waals surface area contributed by atoms with Crippen molar-refractivity contribution in [1.82, 2.24) is 10.2 Å². The summed E-state index contributed by atoms with van der Waals surface area (Å²) >= 11 is 0. The molecule has 1 aromatic carbocycles. The number of hydrogen-bond acceptors (Lipinski definition) is 3. The molecule has 3 unspecified atom stereocenters. The molecule has 2 N–H and O–H groups in total. The monoisotopic (exact) mass is 334 g/mol. The molecule has 6 heteroatoms. The van der Waals surface area contributed by atoms with Crippen LogP contribution in [-0.2, 0) is 9.59 Å². The van der Waals surface area contributed by atoms with Crippen molar-refractivity contribution >= 4 is 11.8 Å². The van der Waals surface area contributed by atoms with Crippen LogP contribution in [0.15, 0.2) is 24.3 Å². The zero-order valence-corrected chi connectivity index (χ0v) is 13.7. The number of nitrogens with zero attached hydrogens (tertiary/aromatic N) is 1. The Kier molecular flexibility index (Phi) is 4.85. The summed E-state index contributed by atoms with van der Waals surface area (Å²) in [5.74, 6) is -0.654. The minimum Gasteiger partial charge on any atom is -0.396 e. The van der Waals surface area contributed by atoms with Crippen LogP contribution < -0.4 is 5.32 Å². The van der Waals surface area contributed by atoms with E-state index >= 15 is 0 Å². The molecular formula is C18H23FN2O3. The second-order valence-electron chi connectivity index (χ2n) is 6.78. The lowest BCUT2D eigenvalue weighted by molar-refractivity contribution is -0.128. The summed E-state index contributed by atoms with van der Waals surface area (Å²) in [4.78, 5) is 26.5. The van der Waals surface area contributed by atoms with Crippen molar-refractivity contribution in [2.75, 3.05) is 13.7 Å². The maximum Gasteiger partial charge on any atom is 0.226 e. The number of benzene rings is 1. The van der Waals surface area contributed by atoms with Gasteiger partial charge in [-0.25, -0.2) is 4.39 Å². The summed E-state index contributed by atoms with van der Waals surface area (Å²) in [6, 6.07) is 5.53. The fraction of sp³-hybridized carbons (Fsp3) is 0.556. The van der Waals surface area contributed by atoms with Crippen molar-refractivity contribution in [2.45, 2.75) is 37.8 Å². The highest BCUT2D eigenvalue weighted by molar-refractivity contribution is 5.90. The molecule has 3 atom stereocenters. The van der Waals surface area contributed by atoms with E-state index in [1.807, 2.05) is 0 Å². The largest absolute Gasteiger partial charge is 0.396 e. The first-order chi connectivity index (χ1) is 11.5. The third-order valence-electron chi connectivity index (χ3n) is 5.09. The Morgan fingerprint density at radius 1 is 1.38 bits per heavy atom. The number of carbonyl (C=O) groups excluding carboxylic acids is 2. The van der Waals surface area contributed by atoms with Crippen LogP contribution in [0.25, 0.3) is 0 Å². The Balaban J connectivity index is 1.77. The number of nitrogens with one attached hydrogen (secondary N) is 1. The van der Waals surface area contributed by atoms with Crippen LogP contribution in [0.4, 0.5) is 4.39 Å². The number of amides is 2. The van der Waals surface area contributed by atoms with Gasteiger partial charge in [-0.3, -0.25) is 9.59 Å². The highest BCUT2D eigenvalue weighted by Gasteiger charge is 2.44. The minimum atomic E-state index is -0.493. The minimum absolute atomic E-state index is 0.0302. The molecular weight excluding hydrogens is 311 g/mol. The fourth-order valence-electron chi connectivity index (χ4n) is 3.57. The van der Waals surface area contributed by atoms with Crippen molar-refractivity contribution < 1.29 is 19.1 Å². The maximum absolute atomic E-state index is 13.2. The molecule has 0 radical (unpaired) electrons. The third kappa shape index (κ3) is 3.43. The molecule has 24 heavy (non-hydrogen) atoms. The number of halogens is 1. The first-order valence-electron chi connectivity index (χ1n) is 8.43. The lowest BCUT2D eigenvalue weighted by Gasteiger charge is -2.26. The summed E-state index contributed by atoms with van der Waals surface area (Å²) < 4.78 is 13.2. The maximum atomic E-state index is 13.2. The summed E-state index contributed by atoms with van der Waals surface area (Å²) in [6.07, 6.45) is 2.82. The quantitative estimate of drug-likeness (QED) is 0.831. The summed E-state index contributed by atoms with van der Waals surface area (Å²) in [6.45, 7) is 0.0341. The van der Waals surface area contributed by atoms with E-state index in [9.17, 15) is 19.1 Å². The zero-order chi connectivity index (χ0) is 17.3. The predicted octanol–water partition coefficient (Wildman–Crippen LogP) is 1.62. The van der Waals surface area contributed by atoms with Crippen LogP contribution in [-0.4, -0.2) is 41.5 Å². The number of hydrogen-bond donors (Lipinski definition) is 2. The molecule has 1 heterocycles. The average molecular weight is 334 g/mol. The van der Waals surface area contributed by atoms with Crippen molar-refractivity contribution in [1.29, 1.82) is 0 Å². The van der Waals surface area contributed by atoms with Gasteiger partial charge in [0.1, 0.15) is 5.82 Å². The van der Waals surface area contributed by atoms with Crippen LogP contribution in [0.2, 0.25) is 0 Å². The van der Waals surface area contributed by atoms with Gasteiger partial charge >= 0.3 is 0 Å². The van der Waals surface area contributed by atoms with Gasteiger partial charge in [-0.05, 0) is 42.9 Å². The summed E-state index contributed by atoms with van der Waals surface area (Å²) in [5.41, 5.74) is 0.759. The van der Waals surface area contributed by atoms with E-state index in [2.05, 4.69) is 5.32 Å². The Hall–Kier alpha value is -1.95. The third-order valence-corrected chi connectivity index (χ3v) is 5.09. The van der Waals surface area contributed by atoms with Crippen molar-refractivity contribution in [3.05, 3.63) is 35.6 Å². The molecule has 2 fully saturated rings. The second-order valence-corrected chi connectivity index (χ2v) is 6.78. The molecule has 1 aromatic rings. The van der Waals surface area contributed by atoms with E-state index in [1.54, 1.807) is 24.1 Å². The Labute approximate surface area is 140 Å². The van der Waals surface area contributed by atoms with Gasteiger partial charge in [0, 0.05) is 26.1 Å². The Morgan fingerprint density at radius 2 is 2.04 bits per heavy atom. The topological polar surface area (TPSA) is 69.6 Å². The molecule has 1 saturated heterocycles. The number of aliphatic hydroxyl groups excluding tert-OH is 1. The SMILES string of the molecule is CN1C(=O)CC(C(=O)NC(CCO)C2CC2)C1c1ccc(F)cc1.